The molecule has 0 unspecified atom stereocenters. The van der Waals surface area contributed by atoms with E-state index in [1.54, 1.807) is 0 Å². The van der Waals surface area contributed by atoms with Crippen LogP contribution in [-0.4, -0.2) is 27.4 Å². The molecule has 0 saturated carbocycles. The smallest absolute Gasteiger partial charge is 0.161 e. The van der Waals surface area contributed by atoms with Crippen molar-refractivity contribution in [2.75, 3.05) is 0 Å². The summed E-state index contributed by atoms with van der Waals surface area (Å²) >= 11 is 0. The van der Waals surface area contributed by atoms with Crippen LogP contribution in [-0.2, 0) is 0 Å². The summed E-state index contributed by atoms with van der Waals surface area (Å²) in [6.45, 7) is 13.7. The molecule has 2 nitrogen and oxygen atoms in total. The van der Waals surface area contributed by atoms with Gasteiger partial charge in [0.05, 0.1) is 0 Å². The second-order valence-electron chi connectivity index (χ2n) is 5.88. The standard InChI is InChI=1S/C15H24BSi.2H2O/c1-10(2)13-8-7-9-14(15(13)11(3)4)16(17)12(5)6;;/h7-12H,1-6H3;2*1H2. The molecule has 1 aromatic carbocycles. The monoisotopic (exact) mass is 279 g/mol. The Bertz CT molecular complexity index is 378. The first-order valence-electron chi connectivity index (χ1n) is 6.70. The number of hydrogen-bond acceptors (Lipinski definition) is 0. The maximum atomic E-state index is 3.91. The molecule has 0 aliphatic heterocycles. The first kappa shape index (κ1) is 20.7. The highest BCUT2D eigenvalue weighted by molar-refractivity contribution is 7.12. The van der Waals surface area contributed by atoms with E-state index in [1.165, 1.54) is 16.6 Å². The Labute approximate surface area is 122 Å². The molecule has 0 aliphatic rings. The third kappa shape index (κ3) is 4.79. The van der Waals surface area contributed by atoms with Crippen molar-refractivity contribution < 1.29 is 11.0 Å². The molecule has 3 radical (unpaired) electrons. The zero-order chi connectivity index (χ0) is 13.2. The summed E-state index contributed by atoms with van der Waals surface area (Å²) in [5.41, 5.74) is 4.51. The molecule has 0 atom stereocenters. The molecule has 4 N–H and O–H groups in total. The molecule has 0 bridgehead atoms. The van der Waals surface area contributed by atoms with Gasteiger partial charge in [-0.1, -0.05) is 71.0 Å². The molecule has 0 saturated heterocycles. The highest BCUT2D eigenvalue weighted by Crippen LogP contribution is 2.25. The summed E-state index contributed by atoms with van der Waals surface area (Å²) in [5, 5.41) is 0. The summed E-state index contributed by atoms with van der Waals surface area (Å²) in [5.74, 6) is 1.80. The largest absolute Gasteiger partial charge is 0.412 e. The highest BCUT2D eigenvalue weighted by atomic mass is 28.1. The summed E-state index contributed by atoms with van der Waals surface area (Å²) < 4.78 is 0. The van der Waals surface area contributed by atoms with Crippen LogP contribution in [0.2, 0.25) is 5.82 Å². The number of hydrogen-bond donors (Lipinski definition) is 0. The number of rotatable bonds is 4. The average Bonchev–Trinajstić information content (AvgIpc) is 2.26. The van der Waals surface area contributed by atoms with Gasteiger partial charge in [0.15, 0.2) is 6.31 Å². The summed E-state index contributed by atoms with van der Waals surface area (Å²) in [6.07, 6.45) is 0.450. The van der Waals surface area contributed by atoms with E-state index in [4.69, 9.17) is 0 Å². The Morgan fingerprint density at radius 3 is 1.79 bits per heavy atom. The minimum absolute atomic E-state index is 0. The Morgan fingerprint density at radius 2 is 1.42 bits per heavy atom. The van der Waals surface area contributed by atoms with Crippen LogP contribution in [0.15, 0.2) is 18.2 Å². The van der Waals surface area contributed by atoms with Gasteiger partial charge in [0, 0.05) is 0 Å². The van der Waals surface area contributed by atoms with Crippen molar-refractivity contribution in [2.24, 2.45) is 0 Å². The maximum absolute atomic E-state index is 3.91. The third-order valence-electron chi connectivity index (χ3n) is 3.37. The van der Waals surface area contributed by atoms with Crippen LogP contribution in [0, 0.1) is 0 Å². The lowest BCUT2D eigenvalue weighted by Gasteiger charge is -2.24. The van der Waals surface area contributed by atoms with Crippen LogP contribution in [0.3, 0.4) is 0 Å². The van der Waals surface area contributed by atoms with Crippen molar-refractivity contribution in [3.8, 4) is 0 Å². The predicted molar refractivity (Wildman–Crippen MR) is 88.1 cm³/mol. The molecule has 1 rings (SSSR count). The highest BCUT2D eigenvalue weighted by Gasteiger charge is 2.21. The second kappa shape index (κ2) is 8.56. The Balaban J connectivity index is 0. The molecular formula is C15H28BO2Si. The topological polar surface area (TPSA) is 63.0 Å². The fourth-order valence-electron chi connectivity index (χ4n) is 2.40. The van der Waals surface area contributed by atoms with Crippen molar-refractivity contribution in [3.05, 3.63) is 29.3 Å². The zero-order valence-electron chi connectivity index (χ0n) is 13.0. The van der Waals surface area contributed by atoms with Crippen molar-refractivity contribution in [3.63, 3.8) is 0 Å². The summed E-state index contributed by atoms with van der Waals surface area (Å²) in [4.78, 5) is 0. The second-order valence-corrected chi connectivity index (χ2v) is 6.50. The van der Waals surface area contributed by atoms with Crippen LogP contribution < -0.4 is 5.46 Å². The van der Waals surface area contributed by atoms with Crippen LogP contribution in [0.5, 0.6) is 0 Å². The molecule has 0 amide bonds. The van der Waals surface area contributed by atoms with Crippen LogP contribution in [0.1, 0.15) is 64.5 Å². The van der Waals surface area contributed by atoms with Crippen molar-refractivity contribution >= 4 is 21.9 Å². The fraction of sp³-hybridized carbons (Fsp3) is 0.600. The van der Waals surface area contributed by atoms with Crippen LogP contribution in [0.4, 0.5) is 0 Å². The van der Waals surface area contributed by atoms with E-state index < -0.39 is 0 Å². The first-order valence-corrected chi connectivity index (χ1v) is 7.27. The summed E-state index contributed by atoms with van der Waals surface area (Å²) in [7, 11) is 3.91. The molecular weight excluding hydrogens is 251 g/mol. The van der Waals surface area contributed by atoms with E-state index in [-0.39, 0.29) is 11.0 Å². The van der Waals surface area contributed by atoms with Gasteiger partial charge in [-0.05, 0) is 33.1 Å². The van der Waals surface area contributed by atoms with E-state index in [2.05, 4.69) is 69.9 Å². The summed E-state index contributed by atoms with van der Waals surface area (Å²) in [6, 6.07) is 6.76. The molecule has 0 aromatic heterocycles. The Hall–Kier alpha value is -0.578. The minimum Gasteiger partial charge on any atom is -0.412 e. The average molecular weight is 279 g/mol. The van der Waals surface area contributed by atoms with Crippen LogP contribution in [0.25, 0.3) is 0 Å². The molecule has 1 aromatic rings. The predicted octanol–water partition coefficient (Wildman–Crippen LogP) is 2.06. The lowest BCUT2D eigenvalue weighted by molar-refractivity contribution is 0.794. The molecule has 0 spiro atoms. The van der Waals surface area contributed by atoms with E-state index >= 15 is 0 Å². The minimum atomic E-state index is 0. The lowest BCUT2D eigenvalue weighted by Crippen LogP contribution is -2.37. The Kier molecular flexibility index (Phi) is 9.35. The van der Waals surface area contributed by atoms with Crippen molar-refractivity contribution in [1.29, 1.82) is 0 Å². The van der Waals surface area contributed by atoms with Gasteiger partial charge in [-0.25, -0.2) is 0 Å². The van der Waals surface area contributed by atoms with Gasteiger partial charge in [0.1, 0.15) is 0 Å². The maximum Gasteiger partial charge on any atom is 0.161 e. The molecule has 19 heavy (non-hydrogen) atoms. The van der Waals surface area contributed by atoms with Crippen LogP contribution >= 0.6 is 0 Å². The fourth-order valence-corrected chi connectivity index (χ4v) is 2.65. The molecule has 0 fully saturated rings. The Morgan fingerprint density at radius 1 is 0.895 bits per heavy atom. The van der Waals surface area contributed by atoms with Gasteiger partial charge in [-0.2, -0.15) is 0 Å². The van der Waals surface area contributed by atoms with Gasteiger partial charge in [-0.15, -0.1) is 0 Å². The van der Waals surface area contributed by atoms with E-state index in [0.29, 0.717) is 24.0 Å². The lowest BCUT2D eigenvalue weighted by atomic mass is 9.55. The number of benzene rings is 1. The molecule has 4 heteroatoms. The van der Waals surface area contributed by atoms with Gasteiger partial charge < -0.3 is 11.0 Å². The molecule has 0 aliphatic carbocycles. The van der Waals surface area contributed by atoms with Crippen molar-refractivity contribution in [2.45, 2.75) is 59.2 Å². The van der Waals surface area contributed by atoms with Gasteiger partial charge >= 0.3 is 0 Å². The third-order valence-corrected chi connectivity index (χ3v) is 4.35. The molecule has 0 heterocycles. The van der Waals surface area contributed by atoms with Gasteiger partial charge in [-0.3, -0.25) is 0 Å². The van der Waals surface area contributed by atoms with Gasteiger partial charge in [0.25, 0.3) is 0 Å². The van der Waals surface area contributed by atoms with E-state index in [0.717, 1.165) is 0 Å². The van der Waals surface area contributed by atoms with Gasteiger partial charge in [0.2, 0.25) is 0 Å². The molecule has 107 valence electrons. The quantitative estimate of drug-likeness (QED) is 0.757. The SMILES string of the molecule is CC(C)B([Si])c1cccc(C(C)C)c1C(C)C.O.O. The van der Waals surface area contributed by atoms with Crippen molar-refractivity contribution in [1.82, 2.24) is 0 Å². The first-order chi connectivity index (χ1) is 7.86. The van der Waals surface area contributed by atoms with E-state index in [1.807, 2.05) is 0 Å². The normalized spacial score (nSPS) is 10.4. The zero-order valence-corrected chi connectivity index (χ0v) is 14.0. The van der Waals surface area contributed by atoms with E-state index in [9.17, 15) is 0 Å².